The second-order valence-electron chi connectivity index (χ2n) is 7.64. The zero-order valence-electron chi connectivity index (χ0n) is 14.5. The van der Waals surface area contributed by atoms with E-state index >= 15 is 0 Å². The van der Waals surface area contributed by atoms with Gasteiger partial charge in [-0.15, -0.1) is 0 Å². The van der Waals surface area contributed by atoms with E-state index in [1.54, 1.807) is 5.56 Å². The van der Waals surface area contributed by atoms with Gasteiger partial charge in [-0.3, -0.25) is 0 Å². The number of hydrogen-bond acceptors (Lipinski definition) is 2. The zero-order valence-corrected chi connectivity index (χ0v) is 14.5. The van der Waals surface area contributed by atoms with Crippen LogP contribution in [0, 0.1) is 19.8 Å². The minimum atomic E-state index is -0.0702. The maximum Gasteiger partial charge on any atom is 0.101 e. The van der Waals surface area contributed by atoms with E-state index in [4.69, 9.17) is 5.73 Å². The maximum absolute atomic E-state index is 6.09. The maximum atomic E-state index is 6.09. The summed E-state index contributed by atoms with van der Waals surface area (Å²) in [6.45, 7) is 12.2. The van der Waals surface area contributed by atoms with E-state index in [0.29, 0.717) is 0 Å². The van der Waals surface area contributed by atoms with Crippen LogP contribution in [0.15, 0.2) is 12.1 Å². The van der Waals surface area contributed by atoms with Crippen molar-refractivity contribution < 1.29 is 0 Å². The quantitative estimate of drug-likeness (QED) is 0.812. The van der Waals surface area contributed by atoms with Crippen LogP contribution in [0.25, 0.3) is 0 Å². The van der Waals surface area contributed by atoms with Gasteiger partial charge in [-0.25, -0.2) is 0 Å². The van der Waals surface area contributed by atoms with E-state index in [-0.39, 0.29) is 5.54 Å². The molecule has 0 radical (unpaired) electrons. The molecule has 0 aliphatic carbocycles. The first-order valence-corrected chi connectivity index (χ1v) is 8.39. The fraction of sp³-hybridized carbons (Fsp3) is 0.667. The third kappa shape index (κ3) is 4.34. The Balaban J connectivity index is 1.92. The van der Waals surface area contributed by atoms with Crippen molar-refractivity contribution in [1.82, 2.24) is 4.90 Å². The van der Waals surface area contributed by atoms with Crippen molar-refractivity contribution in [2.45, 2.75) is 52.4 Å². The molecule has 0 saturated carbocycles. The molecule has 0 bridgehead atoms. The highest BCUT2D eigenvalue weighted by molar-refractivity contribution is 6.08. The monoisotopic (exact) mass is 286 g/mol. The molecular formula is C18H31BN2. The van der Waals surface area contributed by atoms with Crippen LogP contribution in [0.4, 0.5) is 0 Å². The normalized spacial score (nSPS) is 17.0. The number of aryl methyl sites for hydroxylation is 1. The van der Waals surface area contributed by atoms with Crippen LogP contribution < -0.4 is 5.73 Å². The minimum Gasteiger partial charge on any atom is -0.324 e. The number of rotatable bonds is 6. The third-order valence-corrected chi connectivity index (χ3v) is 4.70. The Kier molecular flexibility index (Phi) is 5.16. The van der Waals surface area contributed by atoms with Gasteiger partial charge in [-0.1, -0.05) is 18.5 Å². The lowest BCUT2D eigenvalue weighted by Crippen LogP contribution is -2.55. The van der Waals surface area contributed by atoms with Gasteiger partial charge in [0.05, 0.1) is 0 Å². The molecule has 1 aromatic rings. The zero-order chi connectivity index (χ0) is 15.6. The van der Waals surface area contributed by atoms with Crippen LogP contribution in [0.1, 0.15) is 36.1 Å². The van der Waals surface area contributed by atoms with E-state index in [1.165, 1.54) is 48.9 Å². The average molecular weight is 286 g/mol. The number of nitrogens with two attached hydrogens (primary N) is 1. The van der Waals surface area contributed by atoms with Crippen LogP contribution >= 0.6 is 0 Å². The summed E-state index contributed by atoms with van der Waals surface area (Å²) >= 11 is 0. The lowest BCUT2D eigenvalue weighted by molar-refractivity contribution is 0.0802. The Morgan fingerprint density at radius 2 is 1.76 bits per heavy atom. The first-order valence-electron chi connectivity index (χ1n) is 8.39. The molecule has 1 aliphatic heterocycles. The average Bonchev–Trinajstić information content (AvgIpc) is 2.34. The molecule has 3 heteroatoms. The molecule has 1 fully saturated rings. The highest BCUT2D eigenvalue weighted by atomic mass is 15.2. The summed E-state index contributed by atoms with van der Waals surface area (Å²) in [5.41, 5.74) is 12.1. The van der Waals surface area contributed by atoms with Crippen molar-refractivity contribution in [2.75, 3.05) is 19.6 Å². The molecule has 1 saturated heterocycles. The Labute approximate surface area is 131 Å². The summed E-state index contributed by atoms with van der Waals surface area (Å²) in [7, 11) is 2.25. The summed E-state index contributed by atoms with van der Waals surface area (Å²) in [6, 6.07) is 4.71. The highest BCUT2D eigenvalue weighted by Crippen LogP contribution is 2.26. The van der Waals surface area contributed by atoms with Crippen molar-refractivity contribution in [3.05, 3.63) is 34.4 Å². The molecule has 0 atom stereocenters. The number of hydrogen-bond donors (Lipinski definition) is 1. The lowest BCUT2D eigenvalue weighted by atomic mass is 9.85. The SMILES string of the molecule is BCCc1ccc(CC2CN(CC(C)(C)N)C2)c(C)c1C. The van der Waals surface area contributed by atoms with Crippen molar-refractivity contribution in [3.63, 3.8) is 0 Å². The topological polar surface area (TPSA) is 29.3 Å². The van der Waals surface area contributed by atoms with Gasteiger partial charge in [0.2, 0.25) is 0 Å². The van der Waals surface area contributed by atoms with Crippen LogP contribution in [0.3, 0.4) is 0 Å². The molecule has 1 aliphatic rings. The Hall–Kier alpha value is -0.795. The fourth-order valence-corrected chi connectivity index (χ4v) is 3.52. The molecule has 0 amide bonds. The predicted molar refractivity (Wildman–Crippen MR) is 94.9 cm³/mol. The lowest BCUT2D eigenvalue weighted by Gasteiger charge is -2.42. The molecule has 2 nitrogen and oxygen atoms in total. The van der Waals surface area contributed by atoms with Gasteiger partial charge in [0.1, 0.15) is 7.85 Å². The van der Waals surface area contributed by atoms with Gasteiger partial charge >= 0.3 is 0 Å². The predicted octanol–water partition coefficient (Wildman–Crippen LogP) is 2.11. The minimum absolute atomic E-state index is 0.0702. The van der Waals surface area contributed by atoms with Gasteiger partial charge in [0, 0.05) is 25.2 Å². The van der Waals surface area contributed by atoms with Crippen LogP contribution in [-0.4, -0.2) is 37.9 Å². The molecule has 0 aromatic heterocycles. The Bertz CT molecular complexity index is 485. The van der Waals surface area contributed by atoms with Gasteiger partial charge in [-0.05, 0) is 68.7 Å². The summed E-state index contributed by atoms with van der Waals surface area (Å²) in [5.74, 6) is 0.808. The molecule has 116 valence electrons. The van der Waals surface area contributed by atoms with Crippen molar-refractivity contribution >= 4 is 7.85 Å². The molecule has 0 unspecified atom stereocenters. The summed E-state index contributed by atoms with van der Waals surface area (Å²) in [4.78, 5) is 2.48. The summed E-state index contributed by atoms with van der Waals surface area (Å²) < 4.78 is 0. The molecule has 2 N–H and O–H groups in total. The molecule has 21 heavy (non-hydrogen) atoms. The Morgan fingerprint density at radius 3 is 2.33 bits per heavy atom. The van der Waals surface area contributed by atoms with Gasteiger partial charge in [0.25, 0.3) is 0 Å². The van der Waals surface area contributed by atoms with Crippen molar-refractivity contribution in [1.29, 1.82) is 0 Å². The van der Waals surface area contributed by atoms with Crippen LogP contribution in [0.2, 0.25) is 6.32 Å². The number of benzene rings is 1. The number of nitrogens with zero attached hydrogens (tertiary/aromatic N) is 1. The Morgan fingerprint density at radius 1 is 1.19 bits per heavy atom. The highest BCUT2D eigenvalue weighted by Gasteiger charge is 2.30. The van der Waals surface area contributed by atoms with E-state index in [2.05, 4.69) is 52.6 Å². The van der Waals surface area contributed by atoms with E-state index in [9.17, 15) is 0 Å². The van der Waals surface area contributed by atoms with E-state index in [1.807, 2.05) is 0 Å². The molecule has 0 spiro atoms. The largest absolute Gasteiger partial charge is 0.324 e. The first kappa shape index (κ1) is 16.6. The van der Waals surface area contributed by atoms with Crippen molar-refractivity contribution in [2.24, 2.45) is 11.7 Å². The molecule has 1 aromatic carbocycles. The van der Waals surface area contributed by atoms with Crippen LogP contribution in [0.5, 0.6) is 0 Å². The molecular weight excluding hydrogens is 255 g/mol. The van der Waals surface area contributed by atoms with Gasteiger partial charge in [-0.2, -0.15) is 0 Å². The van der Waals surface area contributed by atoms with Gasteiger partial charge < -0.3 is 10.6 Å². The third-order valence-electron chi connectivity index (χ3n) is 4.70. The number of likely N-dealkylation sites (tertiary alicyclic amines) is 1. The molecule has 2 rings (SSSR count). The second kappa shape index (κ2) is 6.54. The summed E-state index contributed by atoms with van der Waals surface area (Å²) in [5, 5.41) is 0. The molecule has 1 heterocycles. The van der Waals surface area contributed by atoms with E-state index in [0.717, 1.165) is 12.5 Å². The standard InChI is InChI=1S/C18H31BN2/c1-13-14(2)17(6-5-16(13)7-8-19)9-15-10-21(11-15)12-18(3,4)20/h5-6,15H,7-12,19-20H2,1-4H3. The van der Waals surface area contributed by atoms with Crippen LogP contribution in [-0.2, 0) is 12.8 Å². The fourth-order valence-electron chi connectivity index (χ4n) is 3.52. The summed E-state index contributed by atoms with van der Waals surface area (Å²) in [6.07, 6.45) is 3.66. The first-order chi connectivity index (χ1) is 9.80. The van der Waals surface area contributed by atoms with E-state index < -0.39 is 0 Å². The van der Waals surface area contributed by atoms with Gasteiger partial charge in [0.15, 0.2) is 0 Å². The van der Waals surface area contributed by atoms with Crippen molar-refractivity contribution in [3.8, 4) is 0 Å². The second-order valence-corrected chi connectivity index (χ2v) is 7.64. The smallest absolute Gasteiger partial charge is 0.101 e.